The highest BCUT2D eigenvalue weighted by molar-refractivity contribution is 5.76. The van der Waals surface area contributed by atoms with Gasteiger partial charge in [0.25, 0.3) is 0 Å². The molecular formula is C11H22N2O. The van der Waals surface area contributed by atoms with Gasteiger partial charge < -0.3 is 10.2 Å². The number of hydrogen-bond donors (Lipinski definition) is 1. The summed E-state index contributed by atoms with van der Waals surface area (Å²) in [6.07, 6.45) is 2.81. The molecule has 0 aliphatic carbocycles. The maximum atomic E-state index is 11.8. The van der Waals surface area contributed by atoms with Crippen molar-refractivity contribution in [2.24, 2.45) is 5.92 Å². The lowest BCUT2D eigenvalue weighted by Gasteiger charge is -2.21. The van der Waals surface area contributed by atoms with Crippen LogP contribution in [0.1, 0.15) is 33.1 Å². The van der Waals surface area contributed by atoms with Crippen molar-refractivity contribution in [3.05, 3.63) is 0 Å². The maximum absolute atomic E-state index is 11.8. The number of hydrogen-bond acceptors (Lipinski definition) is 2. The standard InChI is InChI=1S/C11H22N2O/c1-9-7-10(2)13(8-9)11(14)5-4-6-12-3/h9-10,12H,4-8H2,1-3H3. The highest BCUT2D eigenvalue weighted by Crippen LogP contribution is 2.22. The summed E-state index contributed by atoms with van der Waals surface area (Å²) in [6.45, 7) is 6.26. The Morgan fingerprint density at radius 3 is 2.71 bits per heavy atom. The van der Waals surface area contributed by atoms with E-state index in [0.717, 1.165) is 25.9 Å². The highest BCUT2D eigenvalue weighted by Gasteiger charge is 2.28. The molecule has 1 N–H and O–H groups in total. The normalized spacial score (nSPS) is 26.9. The molecule has 1 fully saturated rings. The largest absolute Gasteiger partial charge is 0.340 e. The molecule has 1 saturated heterocycles. The molecule has 2 unspecified atom stereocenters. The average molecular weight is 198 g/mol. The number of likely N-dealkylation sites (tertiary alicyclic amines) is 1. The molecule has 1 aliphatic heterocycles. The van der Waals surface area contributed by atoms with E-state index in [4.69, 9.17) is 0 Å². The number of amides is 1. The summed E-state index contributed by atoms with van der Waals surface area (Å²) in [5, 5.41) is 3.06. The van der Waals surface area contributed by atoms with E-state index in [1.54, 1.807) is 0 Å². The minimum absolute atomic E-state index is 0.331. The molecule has 1 aliphatic rings. The lowest BCUT2D eigenvalue weighted by Crippen LogP contribution is -2.34. The van der Waals surface area contributed by atoms with Gasteiger partial charge in [0, 0.05) is 19.0 Å². The van der Waals surface area contributed by atoms with Crippen LogP contribution >= 0.6 is 0 Å². The smallest absolute Gasteiger partial charge is 0.222 e. The second kappa shape index (κ2) is 5.35. The molecule has 3 nitrogen and oxygen atoms in total. The predicted octanol–water partition coefficient (Wildman–Crippen LogP) is 1.24. The Labute approximate surface area is 86.9 Å². The van der Waals surface area contributed by atoms with Gasteiger partial charge in [-0.05, 0) is 39.3 Å². The molecular weight excluding hydrogens is 176 g/mol. The molecule has 2 atom stereocenters. The second-order valence-corrected chi connectivity index (χ2v) is 4.44. The molecule has 0 aromatic heterocycles. The lowest BCUT2D eigenvalue weighted by molar-refractivity contribution is -0.131. The summed E-state index contributed by atoms with van der Waals surface area (Å²) >= 11 is 0. The van der Waals surface area contributed by atoms with Crippen LogP contribution in [-0.2, 0) is 4.79 Å². The van der Waals surface area contributed by atoms with E-state index in [9.17, 15) is 4.79 Å². The summed E-state index contributed by atoms with van der Waals surface area (Å²) in [7, 11) is 1.92. The third-order valence-electron chi connectivity index (χ3n) is 2.92. The van der Waals surface area contributed by atoms with Gasteiger partial charge >= 0.3 is 0 Å². The quantitative estimate of drug-likeness (QED) is 0.689. The molecule has 0 bridgehead atoms. The number of carbonyl (C=O) groups is 1. The Bertz CT molecular complexity index is 194. The van der Waals surface area contributed by atoms with Crippen LogP contribution in [-0.4, -0.2) is 37.0 Å². The Morgan fingerprint density at radius 1 is 1.50 bits per heavy atom. The molecule has 0 aromatic rings. The van der Waals surface area contributed by atoms with Crippen LogP contribution in [0.3, 0.4) is 0 Å². The van der Waals surface area contributed by atoms with Crippen molar-refractivity contribution in [1.29, 1.82) is 0 Å². The number of rotatable bonds is 4. The van der Waals surface area contributed by atoms with Crippen LogP contribution in [0.15, 0.2) is 0 Å². The van der Waals surface area contributed by atoms with E-state index >= 15 is 0 Å². The fourth-order valence-electron chi connectivity index (χ4n) is 2.21. The molecule has 3 heteroatoms. The third-order valence-corrected chi connectivity index (χ3v) is 2.92. The van der Waals surface area contributed by atoms with E-state index in [1.165, 1.54) is 0 Å². The first-order valence-electron chi connectivity index (χ1n) is 5.59. The average Bonchev–Trinajstić information content (AvgIpc) is 2.45. The van der Waals surface area contributed by atoms with Gasteiger partial charge in [-0.2, -0.15) is 0 Å². The molecule has 0 radical (unpaired) electrons. The van der Waals surface area contributed by atoms with Gasteiger partial charge in [-0.15, -0.1) is 0 Å². The first-order chi connectivity index (χ1) is 6.65. The SMILES string of the molecule is CNCCCC(=O)N1CC(C)CC1C. The topological polar surface area (TPSA) is 32.3 Å². The van der Waals surface area contributed by atoms with Crippen molar-refractivity contribution < 1.29 is 4.79 Å². The fraction of sp³-hybridized carbons (Fsp3) is 0.909. The highest BCUT2D eigenvalue weighted by atomic mass is 16.2. The minimum Gasteiger partial charge on any atom is -0.340 e. The predicted molar refractivity (Wildman–Crippen MR) is 58.1 cm³/mol. The van der Waals surface area contributed by atoms with Crippen molar-refractivity contribution >= 4 is 5.91 Å². The van der Waals surface area contributed by atoms with Crippen molar-refractivity contribution in [2.75, 3.05) is 20.1 Å². The molecule has 82 valence electrons. The molecule has 14 heavy (non-hydrogen) atoms. The van der Waals surface area contributed by atoms with Crippen LogP contribution in [0.5, 0.6) is 0 Å². The summed E-state index contributed by atoms with van der Waals surface area (Å²) in [4.78, 5) is 13.8. The Balaban J connectivity index is 2.30. The van der Waals surface area contributed by atoms with E-state index in [2.05, 4.69) is 19.2 Å². The fourth-order valence-corrected chi connectivity index (χ4v) is 2.21. The van der Waals surface area contributed by atoms with E-state index in [1.807, 2.05) is 11.9 Å². The van der Waals surface area contributed by atoms with Crippen LogP contribution in [0.25, 0.3) is 0 Å². The van der Waals surface area contributed by atoms with Gasteiger partial charge in [0.1, 0.15) is 0 Å². The molecule has 1 heterocycles. The van der Waals surface area contributed by atoms with Crippen molar-refractivity contribution in [3.63, 3.8) is 0 Å². The van der Waals surface area contributed by atoms with Gasteiger partial charge in [0.15, 0.2) is 0 Å². The molecule has 1 amide bonds. The Hall–Kier alpha value is -0.570. The van der Waals surface area contributed by atoms with Gasteiger partial charge in [0.05, 0.1) is 0 Å². The van der Waals surface area contributed by atoms with Crippen LogP contribution < -0.4 is 5.32 Å². The first-order valence-corrected chi connectivity index (χ1v) is 5.59. The Kier molecular flexibility index (Phi) is 4.39. The van der Waals surface area contributed by atoms with E-state index in [0.29, 0.717) is 24.3 Å². The van der Waals surface area contributed by atoms with Crippen molar-refractivity contribution in [3.8, 4) is 0 Å². The number of nitrogens with zero attached hydrogens (tertiary/aromatic N) is 1. The van der Waals surface area contributed by atoms with Gasteiger partial charge in [-0.1, -0.05) is 6.92 Å². The van der Waals surface area contributed by atoms with Crippen LogP contribution in [0.4, 0.5) is 0 Å². The van der Waals surface area contributed by atoms with Gasteiger partial charge in [-0.25, -0.2) is 0 Å². The summed E-state index contributed by atoms with van der Waals surface area (Å²) < 4.78 is 0. The zero-order valence-electron chi connectivity index (χ0n) is 9.55. The molecule has 0 aromatic carbocycles. The molecule has 0 saturated carbocycles. The number of carbonyl (C=O) groups excluding carboxylic acids is 1. The second-order valence-electron chi connectivity index (χ2n) is 4.44. The molecule has 0 spiro atoms. The van der Waals surface area contributed by atoms with E-state index < -0.39 is 0 Å². The molecule has 1 rings (SSSR count). The minimum atomic E-state index is 0.331. The zero-order valence-corrected chi connectivity index (χ0v) is 9.55. The van der Waals surface area contributed by atoms with Crippen molar-refractivity contribution in [2.45, 2.75) is 39.2 Å². The monoisotopic (exact) mass is 198 g/mol. The summed E-state index contributed by atoms with van der Waals surface area (Å²) in [5.41, 5.74) is 0. The maximum Gasteiger partial charge on any atom is 0.222 e. The Morgan fingerprint density at radius 2 is 2.21 bits per heavy atom. The van der Waals surface area contributed by atoms with Crippen molar-refractivity contribution in [1.82, 2.24) is 10.2 Å². The zero-order chi connectivity index (χ0) is 10.6. The first kappa shape index (κ1) is 11.5. The van der Waals surface area contributed by atoms with Gasteiger partial charge in [-0.3, -0.25) is 4.79 Å². The summed E-state index contributed by atoms with van der Waals surface area (Å²) in [6, 6.07) is 0.451. The summed E-state index contributed by atoms with van der Waals surface area (Å²) in [5.74, 6) is 1.01. The van der Waals surface area contributed by atoms with E-state index in [-0.39, 0.29) is 0 Å². The number of nitrogens with one attached hydrogen (secondary N) is 1. The van der Waals surface area contributed by atoms with Gasteiger partial charge in [0.2, 0.25) is 5.91 Å². The van der Waals surface area contributed by atoms with Crippen LogP contribution in [0, 0.1) is 5.92 Å². The van der Waals surface area contributed by atoms with Crippen LogP contribution in [0.2, 0.25) is 0 Å². The third kappa shape index (κ3) is 2.98. The lowest BCUT2D eigenvalue weighted by atomic mass is 10.1.